The average Bonchev–Trinajstić information content (AvgIpc) is 2.47. The van der Waals surface area contributed by atoms with Crippen molar-refractivity contribution in [3.8, 4) is 0 Å². The van der Waals surface area contributed by atoms with Crippen LogP contribution in [-0.2, 0) is 0 Å². The SMILES string of the molecule is Cc1ccc2onc(C)c2c1[N+](=O)[O-]. The number of nitrogens with zero attached hydrogens (tertiary/aromatic N) is 2. The maximum Gasteiger partial charge on any atom is 0.285 e. The van der Waals surface area contributed by atoms with Crippen LogP contribution >= 0.6 is 0 Å². The quantitative estimate of drug-likeness (QED) is 0.513. The lowest BCUT2D eigenvalue weighted by molar-refractivity contribution is -0.383. The molecule has 1 aromatic heterocycles. The number of fused-ring (bicyclic) bond motifs is 1. The highest BCUT2D eigenvalue weighted by Crippen LogP contribution is 2.31. The van der Waals surface area contributed by atoms with Crippen LogP contribution in [0.1, 0.15) is 11.3 Å². The first-order valence-corrected chi connectivity index (χ1v) is 4.11. The molecule has 5 heteroatoms. The standard InChI is InChI=1S/C9H8N2O3/c1-5-3-4-7-8(6(2)10-14-7)9(5)11(12)13/h3-4H,1-2H3. The fourth-order valence-corrected chi connectivity index (χ4v) is 1.50. The van der Waals surface area contributed by atoms with Gasteiger partial charge in [-0.2, -0.15) is 0 Å². The fourth-order valence-electron chi connectivity index (χ4n) is 1.50. The summed E-state index contributed by atoms with van der Waals surface area (Å²) in [6.45, 7) is 3.39. The minimum absolute atomic E-state index is 0.0845. The van der Waals surface area contributed by atoms with Crippen molar-refractivity contribution in [3.63, 3.8) is 0 Å². The Balaban J connectivity index is 2.94. The molecule has 0 aliphatic carbocycles. The van der Waals surface area contributed by atoms with E-state index in [4.69, 9.17) is 4.52 Å². The van der Waals surface area contributed by atoms with E-state index < -0.39 is 4.92 Å². The highest BCUT2D eigenvalue weighted by atomic mass is 16.6. The smallest absolute Gasteiger partial charge is 0.285 e. The predicted molar refractivity (Wildman–Crippen MR) is 50.1 cm³/mol. The number of nitro benzene ring substituents is 1. The normalized spacial score (nSPS) is 10.7. The lowest BCUT2D eigenvalue weighted by atomic mass is 10.1. The van der Waals surface area contributed by atoms with E-state index in [-0.39, 0.29) is 5.69 Å². The first kappa shape index (κ1) is 8.68. The molecule has 1 heterocycles. The highest BCUT2D eigenvalue weighted by molar-refractivity contribution is 5.90. The van der Waals surface area contributed by atoms with Gasteiger partial charge in [-0.1, -0.05) is 5.16 Å². The summed E-state index contributed by atoms with van der Waals surface area (Å²) in [4.78, 5) is 10.4. The molecule has 0 aliphatic heterocycles. The first-order chi connectivity index (χ1) is 6.61. The molecular formula is C9H8N2O3. The zero-order valence-electron chi connectivity index (χ0n) is 7.77. The summed E-state index contributed by atoms with van der Waals surface area (Å²) in [5.41, 5.74) is 1.71. The molecular weight excluding hydrogens is 184 g/mol. The number of benzene rings is 1. The van der Waals surface area contributed by atoms with Crippen LogP contribution in [0.25, 0.3) is 11.0 Å². The van der Waals surface area contributed by atoms with Crippen molar-refractivity contribution in [2.24, 2.45) is 0 Å². The van der Waals surface area contributed by atoms with Crippen LogP contribution in [0, 0.1) is 24.0 Å². The molecule has 0 radical (unpaired) electrons. The van der Waals surface area contributed by atoms with E-state index in [9.17, 15) is 10.1 Å². The van der Waals surface area contributed by atoms with Crippen molar-refractivity contribution in [1.82, 2.24) is 5.16 Å². The molecule has 0 atom stereocenters. The summed E-state index contributed by atoms with van der Waals surface area (Å²) in [5.74, 6) is 0. The van der Waals surface area contributed by atoms with E-state index in [1.165, 1.54) is 0 Å². The zero-order chi connectivity index (χ0) is 10.3. The molecule has 0 saturated carbocycles. The van der Waals surface area contributed by atoms with Crippen LogP contribution in [-0.4, -0.2) is 10.1 Å². The summed E-state index contributed by atoms with van der Waals surface area (Å²) in [5, 5.41) is 15.0. The summed E-state index contributed by atoms with van der Waals surface area (Å²) in [6.07, 6.45) is 0. The van der Waals surface area contributed by atoms with Crippen molar-refractivity contribution in [3.05, 3.63) is 33.5 Å². The second-order valence-corrected chi connectivity index (χ2v) is 3.13. The van der Waals surface area contributed by atoms with E-state index in [1.807, 2.05) is 0 Å². The van der Waals surface area contributed by atoms with E-state index >= 15 is 0 Å². The van der Waals surface area contributed by atoms with Gasteiger partial charge in [0.1, 0.15) is 5.39 Å². The summed E-state index contributed by atoms with van der Waals surface area (Å²) in [7, 11) is 0. The maximum absolute atomic E-state index is 10.8. The molecule has 5 nitrogen and oxygen atoms in total. The topological polar surface area (TPSA) is 69.2 Å². The molecule has 0 fully saturated rings. The molecule has 0 bridgehead atoms. The lowest BCUT2D eigenvalue weighted by Crippen LogP contribution is -1.92. The van der Waals surface area contributed by atoms with Crippen molar-refractivity contribution < 1.29 is 9.45 Å². The Hall–Kier alpha value is -1.91. The average molecular weight is 192 g/mol. The highest BCUT2D eigenvalue weighted by Gasteiger charge is 2.20. The zero-order valence-corrected chi connectivity index (χ0v) is 7.77. The van der Waals surface area contributed by atoms with Gasteiger partial charge in [-0.05, 0) is 26.0 Å². The number of aromatic nitrogens is 1. The van der Waals surface area contributed by atoms with Gasteiger partial charge in [0.25, 0.3) is 5.69 Å². The minimum atomic E-state index is -0.401. The molecule has 2 rings (SSSR count). The van der Waals surface area contributed by atoms with Gasteiger partial charge in [-0.25, -0.2) is 0 Å². The third-order valence-electron chi connectivity index (χ3n) is 2.17. The molecule has 0 unspecified atom stereocenters. The summed E-state index contributed by atoms with van der Waals surface area (Å²) >= 11 is 0. The Labute approximate surface area is 79.5 Å². The Kier molecular flexibility index (Phi) is 1.73. The number of rotatable bonds is 1. The Morgan fingerprint density at radius 3 is 2.79 bits per heavy atom. The van der Waals surface area contributed by atoms with Crippen LogP contribution in [0.2, 0.25) is 0 Å². The number of aryl methyl sites for hydroxylation is 2. The third-order valence-corrected chi connectivity index (χ3v) is 2.17. The molecule has 1 aromatic carbocycles. The second kappa shape index (κ2) is 2.80. The Morgan fingerprint density at radius 2 is 2.14 bits per heavy atom. The van der Waals surface area contributed by atoms with Gasteiger partial charge < -0.3 is 4.52 Å². The van der Waals surface area contributed by atoms with Crippen LogP contribution in [0.4, 0.5) is 5.69 Å². The van der Waals surface area contributed by atoms with Crippen molar-refractivity contribution in [2.45, 2.75) is 13.8 Å². The summed E-state index contributed by atoms with van der Waals surface area (Å²) in [6, 6.07) is 3.35. The van der Waals surface area contributed by atoms with E-state index in [1.54, 1.807) is 26.0 Å². The molecule has 14 heavy (non-hydrogen) atoms. The van der Waals surface area contributed by atoms with Crippen LogP contribution in [0.3, 0.4) is 0 Å². The molecule has 0 saturated heterocycles. The lowest BCUT2D eigenvalue weighted by Gasteiger charge is -1.96. The Bertz CT molecular complexity index is 516. The van der Waals surface area contributed by atoms with Gasteiger partial charge in [0.05, 0.1) is 10.6 Å². The first-order valence-electron chi connectivity index (χ1n) is 4.11. The fraction of sp³-hybridized carbons (Fsp3) is 0.222. The number of hydrogen-bond donors (Lipinski definition) is 0. The van der Waals surface area contributed by atoms with Gasteiger partial charge >= 0.3 is 0 Å². The van der Waals surface area contributed by atoms with Crippen molar-refractivity contribution in [2.75, 3.05) is 0 Å². The molecule has 0 amide bonds. The van der Waals surface area contributed by atoms with Crippen LogP contribution in [0.5, 0.6) is 0 Å². The van der Waals surface area contributed by atoms with E-state index in [2.05, 4.69) is 5.16 Å². The van der Waals surface area contributed by atoms with Gasteiger partial charge in [-0.15, -0.1) is 0 Å². The van der Waals surface area contributed by atoms with Crippen molar-refractivity contribution >= 4 is 16.7 Å². The van der Waals surface area contributed by atoms with Gasteiger partial charge in [0.2, 0.25) is 0 Å². The molecule has 2 aromatic rings. The number of hydrogen-bond acceptors (Lipinski definition) is 4. The van der Waals surface area contributed by atoms with Gasteiger partial charge in [0.15, 0.2) is 5.58 Å². The monoisotopic (exact) mass is 192 g/mol. The summed E-state index contributed by atoms with van der Waals surface area (Å²) < 4.78 is 4.94. The molecule has 0 N–H and O–H groups in total. The Morgan fingerprint density at radius 1 is 1.43 bits per heavy atom. The second-order valence-electron chi connectivity index (χ2n) is 3.13. The van der Waals surface area contributed by atoms with E-state index in [0.29, 0.717) is 22.2 Å². The van der Waals surface area contributed by atoms with Crippen LogP contribution < -0.4 is 0 Å². The molecule has 0 aliphatic rings. The molecule has 72 valence electrons. The van der Waals surface area contributed by atoms with Crippen molar-refractivity contribution in [1.29, 1.82) is 0 Å². The van der Waals surface area contributed by atoms with Gasteiger partial charge in [-0.3, -0.25) is 10.1 Å². The largest absolute Gasteiger partial charge is 0.356 e. The molecule has 0 spiro atoms. The van der Waals surface area contributed by atoms with E-state index in [0.717, 1.165) is 0 Å². The van der Waals surface area contributed by atoms with Gasteiger partial charge in [0, 0.05) is 5.56 Å². The third kappa shape index (κ3) is 1.06. The maximum atomic E-state index is 10.8. The number of nitro groups is 1. The predicted octanol–water partition coefficient (Wildman–Crippen LogP) is 2.35. The van der Waals surface area contributed by atoms with Crippen LogP contribution in [0.15, 0.2) is 16.7 Å². The minimum Gasteiger partial charge on any atom is -0.356 e.